The monoisotopic (exact) mass is 323 g/mol. The van der Waals surface area contributed by atoms with Crippen molar-refractivity contribution >= 4 is 6.09 Å². The Labute approximate surface area is 144 Å². The lowest BCUT2D eigenvalue weighted by atomic mass is 9.69. The molecule has 0 aromatic heterocycles. The van der Waals surface area contributed by atoms with E-state index in [0.29, 0.717) is 0 Å². The normalized spacial score (nSPS) is 24.1. The fraction of sp³-hybridized carbons (Fsp3) is 0.476. The Hall–Kier alpha value is -2.03. The van der Waals surface area contributed by atoms with Gasteiger partial charge in [-0.3, -0.25) is 4.90 Å². The van der Waals surface area contributed by atoms with Crippen LogP contribution in [0.25, 0.3) is 0 Å². The zero-order valence-electron chi connectivity index (χ0n) is 15.1. The van der Waals surface area contributed by atoms with Crippen LogP contribution >= 0.6 is 0 Å². The first-order valence-electron chi connectivity index (χ1n) is 8.96. The summed E-state index contributed by atoms with van der Waals surface area (Å²) in [4.78, 5) is 14.9. The fourth-order valence-electron chi connectivity index (χ4n) is 4.59. The molecule has 0 spiro atoms. The molecule has 3 aliphatic rings. The first-order valence-corrected chi connectivity index (χ1v) is 8.96. The second-order valence-electron chi connectivity index (χ2n) is 7.81. The largest absolute Gasteiger partial charge is 0.444 e. The summed E-state index contributed by atoms with van der Waals surface area (Å²) in [5.74, 6) is 0. The molecular weight excluding hydrogens is 298 g/mol. The van der Waals surface area contributed by atoms with Crippen molar-refractivity contribution in [2.45, 2.75) is 65.1 Å². The second-order valence-corrected chi connectivity index (χ2v) is 7.81. The highest BCUT2D eigenvalue weighted by molar-refractivity contribution is 5.82. The van der Waals surface area contributed by atoms with Crippen LogP contribution < -0.4 is 0 Å². The topological polar surface area (TPSA) is 29.5 Å². The van der Waals surface area contributed by atoms with Gasteiger partial charge >= 0.3 is 6.09 Å². The van der Waals surface area contributed by atoms with Crippen molar-refractivity contribution < 1.29 is 9.53 Å². The molecule has 0 N–H and O–H groups in total. The summed E-state index contributed by atoms with van der Waals surface area (Å²) in [6.07, 6.45) is 1.87. The first-order chi connectivity index (χ1) is 11.4. The molecule has 0 fully saturated rings. The van der Waals surface area contributed by atoms with Gasteiger partial charge in [0, 0.05) is 0 Å². The maximum atomic E-state index is 13.0. The summed E-state index contributed by atoms with van der Waals surface area (Å²) in [7, 11) is 0. The highest BCUT2D eigenvalue weighted by Gasteiger charge is 2.57. The molecule has 1 aliphatic carbocycles. The van der Waals surface area contributed by atoms with Crippen molar-refractivity contribution in [3.63, 3.8) is 0 Å². The average molecular weight is 323 g/mol. The zero-order chi connectivity index (χ0) is 17.2. The van der Waals surface area contributed by atoms with Crippen molar-refractivity contribution in [1.82, 2.24) is 4.90 Å². The van der Waals surface area contributed by atoms with Gasteiger partial charge in [0.1, 0.15) is 5.60 Å². The zero-order valence-corrected chi connectivity index (χ0v) is 15.1. The molecule has 2 atom stereocenters. The van der Waals surface area contributed by atoms with E-state index in [1.54, 1.807) is 0 Å². The quantitative estimate of drug-likeness (QED) is 0.723. The maximum Gasteiger partial charge on any atom is 0.411 e. The van der Waals surface area contributed by atoms with Gasteiger partial charge in [-0.1, -0.05) is 38.1 Å². The third-order valence-corrected chi connectivity index (χ3v) is 5.30. The average Bonchev–Trinajstić information content (AvgIpc) is 2.95. The predicted molar refractivity (Wildman–Crippen MR) is 94.6 cm³/mol. The molecule has 2 bridgehead atoms. The van der Waals surface area contributed by atoms with Gasteiger partial charge in [0.15, 0.2) is 0 Å². The highest BCUT2D eigenvalue weighted by Crippen LogP contribution is 2.65. The van der Waals surface area contributed by atoms with E-state index in [4.69, 9.17) is 4.74 Å². The second kappa shape index (κ2) is 4.98. The number of carbonyl (C=O) groups excluding carboxylic acids is 1. The van der Waals surface area contributed by atoms with Crippen LogP contribution in [0.2, 0.25) is 0 Å². The van der Waals surface area contributed by atoms with E-state index in [-0.39, 0.29) is 18.2 Å². The number of carbonyl (C=O) groups is 1. The predicted octanol–water partition coefficient (Wildman–Crippen LogP) is 5.46. The summed E-state index contributed by atoms with van der Waals surface area (Å²) in [5.41, 5.74) is 7.77. The fourth-order valence-corrected chi connectivity index (χ4v) is 4.59. The summed E-state index contributed by atoms with van der Waals surface area (Å²) in [6.45, 7) is 10.2. The molecule has 24 heavy (non-hydrogen) atoms. The van der Waals surface area contributed by atoms with E-state index in [0.717, 1.165) is 12.8 Å². The lowest BCUT2D eigenvalue weighted by Crippen LogP contribution is -2.35. The minimum atomic E-state index is -0.478. The molecule has 2 heterocycles. The van der Waals surface area contributed by atoms with Gasteiger partial charge in [0.05, 0.1) is 12.1 Å². The molecule has 126 valence electrons. The van der Waals surface area contributed by atoms with E-state index in [1.165, 1.54) is 33.4 Å². The Morgan fingerprint density at radius 3 is 1.83 bits per heavy atom. The van der Waals surface area contributed by atoms with Gasteiger partial charge < -0.3 is 4.74 Å². The van der Waals surface area contributed by atoms with Crippen molar-refractivity contribution in [3.8, 4) is 0 Å². The standard InChI is InChI=1S/C21H25NO2/c1-6-12-13(7-2)17-16(12)18-14-10-8-9-11-15(14)19(17)22(18)20(23)24-21(3,4)5/h8-11,18-19H,6-7H2,1-5H3. The van der Waals surface area contributed by atoms with Gasteiger partial charge in [-0.15, -0.1) is 0 Å². The van der Waals surface area contributed by atoms with Crippen LogP contribution in [-0.4, -0.2) is 16.6 Å². The number of ether oxygens (including phenoxy) is 1. The first kappa shape index (κ1) is 15.5. The van der Waals surface area contributed by atoms with Crippen molar-refractivity contribution in [3.05, 3.63) is 57.7 Å². The number of amides is 1. The third kappa shape index (κ3) is 1.87. The van der Waals surface area contributed by atoms with Gasteiger partial charge in [0.25, 0.3) is 0 Å². The van der Waals surface area contributed by atoms with Crippen LogP contribution in [-0.2, 0) is 4.74 Å². The number of nitrogens with zero attached hydrogens (tertiary/aromatic N) is 1. The summed E-state index contributed by atoms with van der Waals surface area (Å²) < 4.78 is 5.74. The van der Waals surface area contributed by atoms with E-state index >= 15 is 0 Å². The summed E-state index contributed by atoms with van der Waals surface area (Å²) in [6, 6.07) is 8.56. The van der Waals surface area contributed by atoms with Crippen LogP contribution in [0.1, 0.15) is 70.7 Å². The summed E-state index contributed by atoms with van der Waals surface area (Å²) in [5, 5.41) is 0. The molecular formula is C21H25NO2. The number of hydrogen-bond donors (Lipinski definition) is 0. The third-order valence-electron chi connectivity index (χ3n) is 5.30. The molecule has 1 aromatic carbocycles. The minimum absolute atomic E-state index is 0.0429. The molecule has 4 rings (SSSR count). The molecule has 0 saturated heterocycles. The maximum absolute atomic E-state index is 13.0. The van der Waals surface area contributed by atoms with Crippen LogP contribution in [0, 0.1) is 0 Å². The highest BCUT2D eigenvalue weighted by atomic mass is 16.6. The molecule has 2 unspecified atom stereocenters. The number of fused-ring (bicyclic) bond motifs is 7. The lowest BCUT2D eigenvalue weighted by Gasteiger charge is -2.33. The lowest BCUT2D eigenvalue weighted by molar-refractivity contribution is 0.0190. The smallest absolute Gasteiger partial charge is 0.411 e. The molecule has 1 aromatic rings. The molecule has 3 nitrogen and oxygen atoms in total. The van der Waals surface area contributed by atoms with Crippen LogP contribution in [0.3, 0.4) is 0 Å². The Bertz CT molecular complexity index is 743. The molecule has 1 amide bonds. The Morgan fingerprint density at radius 1 is 1.00 bits per heavy atom. The van der Waals surface area contributed by atoms with Crippen molar-refractivity contribution in [1.29, 1.82) is 0 Å². The number of benzene rings is 1. The van der Waals surface area contributed by atoms with E-state index in [1.807, 2.05) is 25.7 Å². The van der Waals surface area contributed by atoms with Crippen LogP contribution in [0.15, 0.2) is 46.6 Å². The Balaban J connectivity index is 1.77. The van der Waals surface area contributed by atoms with Crippen molar-refractivity contribution in [2.24, 2.45) is 0 Å². The Kier molecular flexibility index (Phi) is 3.22. The minimum Gasteiger partial charge on any atom is -0.444 e. The summed E-state index contributed by atoms with van der Waals surface area (Å²) >= 11 is 0. The van der Waals surface area contributed by atoms with E-state index < -0.39 is 5.60 Å². The Morgan fingerprint density at radius 2 is 1.46 bits per heavy atom. The van der Waals surface area contributed by atoms with Crippen molar-refractivity contribution in [2.75, 3.05) is 0 Å². The SMILES string of the molecule is CCC1=C(CC)C2=C1C1c3ccccc3C2N1C(=O)OC(C)(C)C. The number of hydrogen-bond acceptors (Lipinski definition) is 2. The molecule has 0 radical (unpaired) electrons. The van der Waals surface area contributed by atoms with Crippen LogP contribution in [0.5, 0.6) is 0 Å². The molecule has 3 heteroatoms. The number of rotatable bonds is 2. The van der Waals surface area contributed by atoms with Crippen LogP contribution in [0.4, 0.5) is 4.79 Å². The van der Waals surface area contributed by atoms with E-state index in [2.05, 4.69) is 38.1 Å². The van der Waals surface area contributed by atoms with E-state index in [9.17, 15) is 4.79 Å². The van der Waals surface area contributed by atoms with Gasteiger partial charge in [-0.25, -0.2) is 4.79 Å². The van der Waals surface area contributed by atoms with Gasteiger partial charge in [-0.2, -0.15) is 0 Å². The molecule has 0 saturated carbocycles. The van der Waals surface area contributed by atoms with Gasteiger partial charge in [-0.05, 0) is 67.0 Å². The molecule has 2 aliphatic heterocycles. The van der Waals surface area contributed by atoms with Gasteiger partial charge in [0.2, 0.25) is 0 Å².